The fraction of sp³-hybridized carbons (Fsp3) is 0.783. The Labute approximate surface area is 230 Å². The molecule has 1 heterocycles. The molecule has 1 aliphatic heterocycles. The molecule has 0 aliphatic carbocycles. The van der Waals surface area contributed by atoms with Crippen LogP contribution in [-0.4, -0.2) is 125 Å². The number of methoxy groups -OCH3 is 1. The van der Waals surface area contributed by atoms with E-state index in [9.17, 15) is 24.0 Å². The number of rotatable bonds is 22. The summed E-state index contributed by atoms with van der Waals surface area (Å²) in [6.45, 7) is 2.29. The first-order chi connectivity index (χ1) is 18.8. The zero-order chi connectivity index (χ0) is 28.7. The highest BCUT2D eigenvalue weighted by atomic mass is 31.1. The maximum atomic E-state index is 12.1. The Hall–Kier alpha value is -2.42. The van der Waals surface area contributed by atoms with Gasteiger partial charge in [-0.3, -0.25) is 24.0 Å². The van der Waals surface area contributed by atoms with Crippen LogP contribution in [0.2, 0.25) is 0 Å². The van der Waals surface area contributed by atoms with Crippen LogP contribution in [0.5, 0.6) is 0 Å². The van der Waals surface area contributed by atoms with Gasteiger partial charge in [-0.1, -0.05) is 0 Å². The van der Waals surface area contributed by atoms with E-state index in [2.05, 4.69) is 21.3 Å². The lowest BCUT2D eigenvalue weighted by molar-refractivity contribution is -0.131. The van der Waals surface area contributed by atoms with Crippen LogP contribution < -0.4 is 21.3 Å². The summed E-state index contributed by atoms with van der Waals surface area (Å²) in [5.74, 6) is -1.77. The molecule has 0 aromatic heterocycles. The van der Waals surface area contributed by atoms with Crippen molar-refractivity contribution in [2.75, 3.05) is 79.4 Å². The van der Waals surface area contributed by atoms with Crippen LogP contribution in [0.15, 0.2) is 0 Å². The molecule has 2 atom stereocenters. The molecule has 1 saturated heterocycles. The van der Waals surface area contributed by atoms with Gasteiger partial charge in [0, 0.05) is 39.6 Å². The van der Waals surface area contributed by atoms with Crippen molar-refractivity contribution in [2.45, 2.75) is 38.2 Å². The molecular weight excluding hydrogens is 537 g/mol. The number of nitrogens with one attached hydrogen (secondary N) is 4. The maximum absolute atomic E-state index is 12.1. The van der Waals surface area contributed by atoms with Crippen molar-refractivity contribution in [1.82, 2.24) is 26.2 Å². The van der Waals surface area contributed by atoms with Crippen molar-refractivity contribution in [1.29, 1.82) is 0 Å². The first-order valence-electron chi connectivity index (χ1n) is 12.9. The van der Waals surface area contributed by atoms with E-state index in [0.717, 1.165) is 6.42 Å². The predicted octanol–water partition coefficient (Wildman–Crippen LogP) is -2.19. The molecular formula is C23H42N5O10P. The number of amides is 5. The van der Waals surface area contributed by atoms with E-state index < -0.39 is 26.8 Å². The molecule has 15 nitrogen and oxygen atoms in total. The number of carbonyl (C=O) groups excluding carboxylic acids is 5. The third-order valence-corrected chi connectivity index (χ3v) is 5.88. The minimum Gasteiger partial charge on any atom is -0.380 e. The van der Waals surface area contributed by atoms with Crippen molar-refractivity contribution in [3.63, 3.8) is 0 Å². The summed E-state index contributed by atoms with van der Waals surface area (Å²) in [5, 5.41) is 9.78. The number of ether oxygens (including phenoxy) is 3. The normalized spacial score (nSPS) is 14.9. The SMILES string of the molecule is CO[C@H]1CCN(C(=O)CCCCC(=O)NCC(=O)NCC(=O)NCC(=O)NCCOCCOCCOPO)C1. The lowest BCUT2D eigenvalue weighted by Gasteiger charge is -2.15. The molecule has 0 aromatic carbocycles. The van der Waals surface area contributed by atoms with Gasteiger partial charge in [-0.2, -0.15) is 0 Å². The molecule has 5 N–H and O–H groups in total. The largest absolute Gasteiger partial charge is 0.380 e. The van der Waals surface area contributed by atoms with Crippen LogP contribution in [0.3, 0.4) is 0 Å². The van der Waals surface area contributed by atoms with Crippen LogP contribution in [0.4, 0.5) is 0 Å². The second kappa shape index (κ2) is 22.4. The fourth-order valence-electron chi connectivity index (χ4n) is 3.41. The average molecular weight is 580 g/mol. The van der Waals surface area contributed by atoms with Gasteiger partial charge in [0.1, 0.15) is 0 Å². The molecule has 5 amide bonds. The molecule has 0 saturated carbocycles. The monoisotopic (exact) mass is 579 g/mol. The fourth-order valence-corrected chi connectivity index (χ4v) is 3.58. The first-order valence-corrected chi connectivity index (χ1v) is 13.7. The van der Waals surface area contributed by atoms with Gasteiger partial charge in [-0.05, 0) is 19.3 Å². The third kappa shape index (κ3) is 18.5. The predicted molar refractivity (Wildman–Crippen MR) is 141 cm³/mol. The van der Waals surface area contributed by atoms with Crippen molar-refractivity contribution >= 4 is 38.6 Å². The van der Waals surface area contributed by atoms with Crippen LogP contribution >= 0.6 is 9.03 Å². The molecule has 1 aliphatic rings. The van der Waals surface area contributed by atoms with Gasteiger partial charge in [0.15, 0.2) is 9.03 Å². The van der Waals surface area contributed by atoms with Crippen LogP contribution in [0.1, 0.15) is 32.1 Å². The zero-order valence-electron chi connectivity index (χ0n) is 22.5. The Balaban J connectivity index is 1.96. The molecule has 0 aromatic rings. The lowest BCUT2D eigenvalue weighted by Crippen LogP contribution is -2.44. The van der Waals surface area contributed by atoms with Gasteiger partial charge in [0.2, 0.25) is 29.5 Å². The van der Waals surface area contributed by atoms with Crippen molar-refractivity contribution in [3.05, 3.63) is 0 Å². The summed E-state index contributed by atoms with van der Waals surface area (Å²) < 4.78 is 20.4. The minimum atomic E-state index is -0.559. The molecule has 16 heteroatoms. The van der Waals surface area contributed by atoms with E-state index in [-0.39, 0.29) is 57.1 Å². The molecule has 0 bridgehead atoms. The number of likely N-dealkylation sites (tertiary alicyclic amines) is 1. The Morgan fingerprint density at radius 2 is 1.36 bits per heavy atom. The Morgan fingerprint density at radius 1 is 0.795 bits per heavy atom. The topological polar surface area (TPSA) is 194 Å². The van der Waals surface area contributed by atoms with E-state index in [4.69, 9.17) is 23.6 Å². The summed E-state index contributed by atoms with van der Waals surface area (Å²) in [6.07, 6.45) is 2.58. The van der Waals surface area contributed by atoms with Crippen molar-refractivity contribution < 1.29 is 47.6 Å². The van der Waals surface area contributed by atoms with Gasteiger partial charge in [0.25, 0.3) is 0 Å². The van der Waals surface area contributed by atoms with Gasteiger partial charge in [-0.25, -0.2) is 0 Å². The van der Waals surface area contributed by atoms with E-state index in [1.165, 1.54) is 0 Å². The van der Waals surface area contributed by atoms with E-state index in [1.807, 2.05) is 0 Å². The van der Waals surface area contributed by atoms with Crippen molar-refractivity contribution in [2.24, 2.45) is 0 Å². The van der Waals surface area contributed by atoms with Crippen LogP contribution in [0, 0.1) is 0 Å². The van der Waals surface area contributed by atoms with E-state index in [0.29, 0.717) is 58.8 Å². The Bertz CT molecular complexity index is 761. The molecule has 0 radical (unpaired) electrons. The second-order valence-electron chi connectivity index (χ2n) is 8.54. The van der Waals surface area contributed by atoms with E-state index >= 15 is 0 Å². The molecule has 1 fully saturated rings. The standard InChI is InChI=1S/C23H42N5O10P/c1-35-18-6-8-28(17-18)23(33)5-3-2-4-19(29)25-15-21(31)27-16-22(32)26-14-20(30)24-7-9-36-10-11-37-12-13-38-39-34/h18,34,39H,2-17H2,1H3,(H,24,30)(H,25,29)(H,26,32)(H,27,31)/t18-/m0/s1. The number of hydrogen-bond acceptors (Lipinski definition) is 10. The summed E-state index contributed by atoms with van der Waals surface area (Å²) in [6, 6.07) is 0. The Morgan fingerprint density at radius 3 is 1.97 bits per heavy atom. The number of nitrogens with zero attached hydrogens (tertiary/aromatic N) is 1. The first kappa shape index (κ1) is 34.6. The third-order valence-electron chi connectivity index (χ3n) is 5.55. The van der Waals surface area contributed by atoms with Gasteiger partial charge in [-0.15, -0.1) is 0 Å². The summed E-state index contributed by atoms with van der Waals surface area (Å²) in [7, 11) is 1.07. The van der Waals surface area contributed by atoms with Gasteiger partial charge < -0.3 is 49.8 Å². The van der Waals surface area contributed by atoms with Crippen LogP contribution in [-0.2, 0) is 42.7 Å². The zero-order valence-corrected chi connectivity index (χ0v) is 23.5. The molecule has 1 unspecified atom stereocenters. The van der Waals surface area contributed by atoms with Gasteiger partial charge >= 0.3 is 0 Å². The Kier molecular flexibility index (Phi) is 19.9. The highest BCUT2D eigenvalue weighted by molar-refractivity contribution is 7.24. The quantitative estimate of drug-likeness (QED) is 0.0695. The average Bonchev–Trinajstić information content (AvgIpc) is 3.42. The molecule has 39 heavy (non-hydrogen) atoms. The number of hydrogen-bond donors (Lipinski definition) is 5. The maximum Gasteiger partial charge on any atom is 0.239 e. The number of carbonyl (C=O) groups is 5. The lowest BCUT2D eigenvalue weighted by atomic mass is 10.1. The molecule has 224 valence electrons. The van der Waals surface area contributed by atoms with Gasteiger partial charge in [0.05, 0.1) is 58.8 Å². The smallest absolute Gasteiger partial charge is 0.239 e. The van der Waals surface area contributed by atoms with E-state index in [1.54, 1.807) is 12.0 Å². The summed E-state index contributed by atoms with van der Waals surface area (Å²) >= 11 is 0. The minimum absolute atomic E-state index is 0.0549. The molecule has 1 rings (SSSR count). The van der Waals surface area contributed by atoms with Crippen molar-refractivity contribution in [3.8, 4) is 0 Å². The highest BCUT2D eigenvalue weighted by Gasteiger charge is 2.25. The second-order valence-corrected chi connectivity index (χ2v) is 9.01. The highest BCUT2D eigenvalue weighted by Crippen LogP contribution is 2.14. The molecule has 0 spiro atoms. The summed E-state index contributed by atoms with van der Waals surface area (Å²) in [5.41, 5.74) is 0. The number of unbranched alkanes of at least 4 members (excludes halogenated alkanes) is 1. The van der Waals surface area contributed by atoms with Crippen LogP contribution in [0.25, 0.3) is 0 Å². The summed E-state index contributed by atoms with van der Waals surface area (Å²) in [4.78, 5) is 69.7.